The zero-order valence-electron chi connectivity index (χ0n) is 11.5. The number of hydrogen-bond acceptors (Lipinski definition) is 2. The molecule has 2 heteroatoms. The lowest BCUT2D eigenvalue weighted by Crippen LogP contribution is -2.56. The maximum atomic E-state index is 6.08. The molecular formula is C15H30N2. The van der Waals surface area contributed by atoms with Crippen LogP contribution < -0.4 is 11.1 Å². The van der Waals surface area contributed by atoms with Gasteiger partial charge >= 0.3 is 0 Å². The predicted octanol–water partition coefficient (Wildman–Crippen LogP) is 3.21. The Balaban J connectivity index is 1.89. The fourth-order valence-electron chi connectivity index (χ4n) is 3.58. The molecule has 2 aliphatic rings. The third-order valence-corrected chi connectivity index (χ3v) is 4.99. The SMILES string of the molecule is CC1CCC(CN)(NC2CCCCCC2)CC1. The molecular weight excluding hydrogens is 208 g/mol. The number of nitrogens with two attached hydrogens (primary N) is 1. The molecule has 0 aliphatic heterocycles. The summed E-state index contributed by atoms with van der Waals surface area (Å²) in [5, 5.41) is 3.96. The number of hydrogen-bond donors (Lipinski definition) is 2. The van der Waals surface area contributed by atoms with Gasteiger partial charge in [-0.1, -0.05) is 32.6 Å². The van der Waals surface area contributed by atoms with Crippen LogP contribution in [0.2, 0.25) is 0 Å². The van der Waals surface area contributed by atoms with Crippen molar-refractivity contribution in [2.75, 3.05) is 6.54 Å². The summed E-state index contributed by atoms with van der Waals surface area (Å²) >= 11 is 0. The van der Waals surface area contributed by atoms with Crippen LogP contribution in [0.3, 0.4) is 0 Å². The minimum atomic E-state index is 0.279. The average Bonchev–Trinajstić information content (AvgIpc) is 2.61. The molecule has 0 unspecified atom stereocenters. The van der Waals surface area contributed by atoms with Crippen LogP contribution >= 0.6 is 0 Å². The molecule has 2 nitrogen and oxygen atoms in total. The Bertz CT molecular complexity index is 211. The van der Waals surface area contributed by atoms with Crippen LogP contribution in [-0.4, -0.2) is 18.1 Å². The Morgan fingerprint density at radius 1 is 1.00 bits per heavy atom. The van der Waals surface area contributed by atoms with Crippen LogP contribution in [-0.2, 0) is 0 Å². The number of nitrogens with one attached hydrogen (secondary N) is 1. The van der Waals surface area contributed by atoms with Crippen LogP contribution in [0.4, 0.5) is 0 Å². The molecule has 0 heterocycles. The minimum absolute atomic E-state index is 0.279. The summed E-state index contributed by atoms with van der Waals surface area (Å²) in [4.78, 5) is 0. The second kappa shape index (κ2) is 6.19. The highest BCUT2D eigenvalue weighted by Gasteiger charge is 2.34. The summed E-state index contributed by atoms with van der Waals surface area (Å²) in [5.74, 6) is 0.908. The molecule has 0 bridgehead atoms. The van der Waals surface area contributed by atoms with Crippen LogP contribution in [0.25, 0.3) is 0 Å². The molecule has 3 N–H and O–H groups in total. The Hall–Kier alpha value is -0.0800. The zero-order chi connectivity index (χ0) is 12.1. The molecule has 0 aromatic carbocycles. The zero-order valence-corrected chi connectivity index (χ0v) is 11.5. The van der Waals surface area contributed by atoms with Crippen LogP contribution in [0.5, 0.6) is 0 Å². The molecule has 0 atom stereocenters. The maximum absolute atomic E-state index is 6.08. The highest BCUT2D eigenvalue weighted by molar-refractivity contribution is 4.95. The second-order valence-electron chi connectivity index (χ2n) is 6.50. The molecule has 2 saturated carbocycles. The summed E-state index contributed by atoms with van der Waals surface area (Å²) in [7, 11) is 0. The second-order valence-corrected chi connectivity index (χ2v) is 6.50. The Labute approximate surface area is 107 Å². The standard InChI is InChI=1S/C15H30N2/c1-13-8-10-15(12-16,11-9-13)17-14-6-4-2-3-5-7-14/h13-14,17H,2-12,16H2,1H3. The van der Waals surface area contributed by atoms with Crippen LogP contribution in [0, 0.1) is 5.92 Å². The lowest BCUT2D eigenvalue weighted by Gasteiger charge is -2.42. The van der Waals surface area contributed by atoms with Gasteiger partial charge < -0.3 is 11.1 Å². The first-order chi connectivity index (χ1) is 8.24. The van der Waals surface area contributed by atoms with Gasteiger partial charge in [-0.15, -0.1) is 0 Å². The van der Waals surface area contributed by atoms with E-state index in [-0.39, 0.29) is 5.54 Å². The summed E-state index contributed by atoms with van der Waals surface area (Å²) in [6, 6.07) is 0.745. The molecule has 0 amide bonds. The predicted molar refractivity (Wildman–Crippen MR) is 74.0 cm³/mol. The number of rotatable bonds is 3. The van der Waals surface area contributed by atoms with Gasteiger partial charge in [0.25, 0.3) is 0 Å². The van der Waals surface area contributed by atoms with Gasteiger partial charge in [-0.25, -0.2) is 0 Å². The molecule has 2 rings (SSSR count). The van der Waals surface area contributed by atoms with Gasteiger partial charge in [0.15, 0.2) is 0 Å². The molecule has 0 aromatic rings. The van der Waals surface area contributed by atoms with Gasteiger partial charge in [0.1, 0.15) is 0 Å². The van der Waals surface area contributed by atoms with E-state index in [2.05, 4.69) is 12.2 Å². The lowest BCUT2D eigenvalue weighted by atomic mass is 9.76. The van der Waals surface area contributed by atoms with Crippen LogP contribution in [0.15, 0.2) is 0 Å². The fourth-order valence-corrected chi connectivity index (χ4v) is 3.58. The first-order valence-electron chi connectivity index (χ1n) is 7.72. The third kappa shape index (κ3) is 3.69. The van der Waals surface area contributed by atoms with E-state index in [0.29, 0.717) is 0 Å². The molecule has 17 heavy (non-hydrogen) atoms. The third-order valence-electron chi connectivity index (χ3n) is 4.99. The van der Waals surface area contributed by atoms with Gasteiger partial charge in [0.05, 0.1) is 0 Å². The molecule has 0 radical (unpaired) electrons. The van der Waals surface area contributed by atoms with Gasteiger partial charge in [0, 0.05) is 18.1 Å². The molecule has 0 spiro atoms. The van der Waals surface area contributed by atoms with Crippen molar-refractivity contribution in [2.45, 2.75) is 82.7 Å². The van der Waals surface area contributed by atoms with Crippen molar-refractivity contribution in [1.82, 2.24) is 5.32 Å². The average molecular weight is 238 g/mol. The van der Waals surface area contributed by atoms with E-state index in [1.807, 2.05) is 0 Å². The van der Waals surface area contributed by atoms with E-state index in [1.54, 1.807) is 0 Å². The molecule has 0 aromatic heterocycles. The van der Waals surface area contributed by atoms with Crippen molar-refractivity contribution in [3.63, 3.8) is 0 Å². The Morgan fingerprint density at radius 2 is 1.59 bits per heavy atom. The van der Waals surface area contributed by atoms with Crippen molar-refractivity contribution >= 4 is 0 Å². The lowest BCUT2D eigenvalue weighted by molar-refractivity contribution is 0.177. The van der Waals surface area contributed by atoms with Crippen molar-refractivity contribution in [3.05, 3.63) is 0 Å². The highest BCUT2D eigenvalue weighted by atomic mass is 15.0. The monoisotopic (exact) mass is 238 g/mol. The largest absolute Gasteiger partial charge is 0.329 e. The van der Waals surface area contributed by atoms with E-state index in [1.165, 1.54) is 64.2 Å². The minimum Gasteiger partial charge on any atom is -0.329 e. The fraction of sp³-hybridized carbons (Fsp3) is 1.00. The van der Waals surface area contributed by atoms with E-state index < -0.39 is 0 Å². The molecule has 100 valence electrons. The highest BCUT2D eigenvalue weighted by Crippen LogP contribution is 2.32. The van der Waals surface area contributed by atoms with E-state index >= 15 is 0 Å². The van der Waals surface area contributed by atoms with Gasteiger partial charge in [-0.3, -0.25) is 0 Å². The quantitative estimate of drug-likeness (QED) is 0.741. The summed E-state index contributed by atoms with van der Waals surface area (Å²) in [6.07, 6.45) is 13.7. The Morgan fingerprint density at radius 3 is 2.12 bits per heavy atom. The first-order valence-corrected chi connectivity index (χ1v) is 7.72. The molecule has 2 aliphatic carbocycles. The summed E-state index contributed by atoms with van der Waals surface area (Å²) in [6.45, 7) is 3.21. The smallest absolute Gasteiger partial charge is 0.0306 e. The van der Waals surface area contributed by atoms with E-state index in [9.17, 15) is 0 Å². The molecule has 2 fully saturated rings. The van der Waals surface area contributed by atoms with Crippen molar-refractivity contribution in [3.8, 4) is 0 Å². The van der Waals surface area contributed by atoms with Crippen LogP contribution in [0.1, 0.15) is 71.1 Å². The van der Waals surface area contributed by atoms with Crippen molar-refractivity contribution < 1.29 is 0 Å². The van der Waals surface area contributed by atoms with Gasteiger partial charge in [-0.2, -0.15) is 0 Å². The van der Waals surface area contributed by atoms with Gasteiger partial charge in [-0.05, 0) is 44.4 Å². The van der Waals surface area contributed by atoms with Crippen molar-refractivity contribution in [2.24, 2.45) is 11.7 Å². The molecule has 0 saturated heterocycles. The summed E-state index contributed by atoms with van der Waals surface area (Å²) in [5.41, 5.74) is 6.36. The van der Waals surface area contributed by atoms with E-state index in [4.69, 9.17) is 5.73 Å². The summed E-state index contributed by atoms with van der Waals surface area (Å²) < 4.78 is 0. The normalized spacial score (nSPS) is 36.7. The topological polar surface area (TPSA) is 38.0 Å². The Kier molecular flexibility index (Phi) is 4.87. The van der Waals surface area contributed by atoms with Crippen molar-refractivity contribution in [1.29, 1.82) is 0 Å². The maximum Gasteiger partial charge on any atom is 0.0306 e. The van der Waals surface area contributed by atoms with Gasteiger partial charge in [0.2, 0.25) is 0 Å². The van der Waals surface area contributed by atoms with E-state index in [0.717, 1.165) is 18.5 Å². The first kappa shape index (κ1) is 13.4.